The summed E-state index contributed by atoms with van der Waals surface area (Å²) in [6.45, 7) is 2.38. The molecule has 1 saturated carbocycles. The van der Waals surface area contributed by atoms with E-state index in [1.54, 1.807) is 0 Å². The van der Waals surface area contributed by atoms with Crippen LogP contribution in [0.3, 0.4) is 0 Å². The summed E-state index contributed by atoms with van der Waals surface area (Å²) >= 11 is 1.83. The quantitative estimate of drug-likeness (QED) is 0.918. The molecule has 0 bridgehead atoms. The van der Waals surface area contributed by atoms with Crippen molar-refractivity contribution in [3.63, 3.8) is 0 Å². The molecule has 2 aromatic rings. The Kier molecular flexibility index (Phi) is 2.97. The van der Waals surface area contributed by atoms with Crippen molar-refractivity contribution in [3.8, 4) is 0 Å². The molecule has 1 saturated heterocycles. The summed E-state index contributed by atoms with van der Waals surface area (Å²) in [5, 5.41) is 7.36. The maximum atomic E-state index is 3.79. The molecule has 1 aromatic carbocycles. The summed E-state index contributed by atoms with van der Waals surface area (Å²) in [5.74, 6) is 0. The molecule has 1 unspecified atom stereocenters. The Morgan fingerprint density at radius 2 is 2.05 bits per heavy atom. The highest BCUT2D eigenvalue weighted by Gasteiger charge is 2.27. The largest absolute Gasteiger partial charge is 0.370 e. The van der Waals surface area contributed by atoms with Gasteiger partial charge in [0.1, 0.15) is 0 Å². The summed E-state index contributed by atoms with van der Waals surface area (Å²) in [7, 11) is 0. The third kappa shape index (κ3) is 2.49. The fourth-order valence-corrected chi connectivity index (χ4v) is 3.85. The van der Waals surface area contributed by atoms with Crippen LogP contribution in [-0.2, 0) is 0 Å². The Hall–Kier alpha value is -1.06. The molecule has 19 heavy (non-hydrogen) atoms. The number of fused-ring (bicyclic) bond motifs is 1. The van der Waals surface area contributed by atoms with Crippen LogP contribution in [0.5, 0.6) is 0 Å². The van der Waals surface area contributed by atoms with E-state index in [0.29, 0.717) is 6.04 Å². The van der Waals surface area contributed by atoms with E-state index in [2.05, 4.69) is 39.9 Å². The standard InChI is InChI=1S/C16H20N2S/c1-2-14(17-13-3-4-13)11-18(8-1)15-5-6-16-12(10-15)7-9-19-16/h5-7,9-10,13-14,17H,1-4,8,11H2. The zero-order valence-corrected chi connectivity index (χ0v) is 12.0. The van der Waals surface area contributed by atoms with Gasteiger partial charge in [0.15, 0.2) is 0 Å². The van der Waals surface area contributed by atoms with Gasteiger partial charge in [-0.05, 0) is 60.7 Å². The topological polar surface area (TPSA) is 15.3 Å². The number of anilines is 1. The number of thiophene rings is 1. The lowest BCUT2D eigenvalue weighted by Crippen LogP contribution is -2.46. The lowest BCUT2D eigenvalue weighted by Gasteiger charge is -2.35. The van der Waals surface area contributed by atoms with Gasteiger partial charge in [0.25, 0.3) is 0 Å². The molecule has 1 aliphatic carbocycles. The molecule has 0 radical (unpaired) electrons. The Bertz CT molecular complexity index is 573. The third-order valence-corrected chi connectivity index (χ3v) is 5.17. The molecular weight excluding hydrogens is 252 g/mol. The lowest BCUT2D eigenvalue weighted by molar-refractivity contribution is 0.420. The maximum Gasteiger partial charge on any atom is 0.0373 e. The van der Waals surface area contributed by atoms with Crippen LogP contribution in [0, 0.1) is 0 Å². The number of nitrogens with zero attached hydrogens (tertiary/aromatic N) is 1. The molecule has 1 aliphatic heterocycles. The van der Waals surface area contributed by atoms with Crippen molar-refractivity contribution in [2.24, 2.45) is 0 Å². The van der Waals surface area contributed by atoms with Gasteiger partial charge in [0.05, 0.1) is 0 Å². The van der Waals surface area contributed by atoms with Gasteiger partial charge in [-0.2, -0.15) is 0 Å². The number of hydrogen-bond acceptors (Lipinski definition) is 3. The van der Waals surface area contributed by atoms with Crippen molar-refractivity contribution in [3.05, 3.63) is 29.6 Å². The van der Waals surface area contributed by atoms with Crippen LogP contribution in [0.4, 0.5) is 5.69 Å². The van der Waals surface area contributed by atoms with Crippen LogP contribution in [0.25, 0.3) is 10.1 Å². The third-order valence-electron chi connectivity index (χ3n) is 4.27. The minimum atomic E-state index is 0.694. The van der Waals surface area contributed by atoms with E-state index < -0.39 is 0 Å². The molecule has 1 N–H and O–H groups in total. The Labute approximate surface area is 118 Å². The first kappa shape index (κ1) is 11.7. The van der Waals surface area contributed by atoms with Gasteiger partial charge in [0.2, 0.25) is 0 Å². The molecule has 2 fully saturated rings. The van der Waals surface area contributed by atoms with E-state index in [-0.39, 0.29) is 0 Å². The highest BCUT2D eigenvalue weighted by atomic mass is 32.1. The van der Waals surface area contributed by atoms with Gasteiger partial charge in [-0.25, -0.2) is 0 Å². The molecule has 2 heterocycles. The molecule has 3 heteroatoms. The number of nitrogens with one attached hydrogen (secondary N) is 1. The molecule has 2 nitrogen and oxygen atoms in total. The van der Waals surface area contributed by atoms with Crippen molar-refractivity contribution < 1.29 is 0 Å². The molecule has 0 amide bonds. The van der Waals surface area contributed by atoms with E-state index in [1.165, 1.54) is 54.5 Å². The Morgan fingerprint density at radius 3 is 2.95 bits per heavy atom. The van der Waals surface area contributed by atoms with E-state index in [4.69, 9.17) is 0 Å². The van der Waals surface area contributed by atoms with Crippen LogP contribution < -0.4 is 10.2 Å². The van der Waals surface area contributed by atoms with Gasteiger partial charge in [-0.15, -0.1) is 11.3 Å². The van der Waals surface area contributed by atoms with Crippen LogP contribution in [0.2, 0.25) is 0 Å². The van der Waals surface area contributed by atoms with Gasteiger partial charge in [0, 0.05) is 35.6 Å². The second kappa shape index (κ2) is 4.80. The van der Waals surface area contributed by atoms with Crippen molar-refractivity contribution in [1.82, 2.24) is 5.32 Å². The fraction of sp³-hybridized carbons (Fsp3) is 0.500. The minimum absolute atomic E-state index is 0.694. The highest BCUT2D eigenvalue weighted by molar-refractivity contribution is 7.17. The number of hydrogen-bond donors (Lipinski definition) is 1. The van der Waals surface area contributed by atoms with Crippen LogP contribution >= 0.6 is 11.3 Å². The predicted molar refractivity (Wildman–Crippen MR) is 83.2 cm³/mol. The molecule has 0 spiro atoms. The smallest absolute Gasteiger partial charge is 0.0373 e. The van der Waals surface area contributed by atoms with Gasteiger partial charge < -0.3 is 10.2 Å². The average molecular weight is 272 g/mol. The first-order valence-corrected chi connectivity index (χ1v) is 8.25. The Morgan fingerprint density at radius 1 is 1.11 bits per heavy atom. The zero-order chi connectivity index (χ0) is 12.7. The van der Waals surface area contributed by atoms with Gasteiger partial charge in [-0.3, -0.25) is 0 Å². The summed E-state index contributed by atoms with van der Waals surface area (Å²) < 4.78 is 1.40. The van der Waals surface area contributed by atoms with Crippen molar-refractivity contribution in [2.75, 3.05) is 18.0 Å². The van der Waals surface area contributed by atoms with Crippen LogP contribution in [0.1, 0.15) is 25.7 Å². The highest BCUT2D eigenvalue weighted by Crippen LogP contribution is 2.28. The second-order valence-electron chi connectivity index (χ2n) is 5.87. The summed E-state index contributed by atoms with van der Waals surface area (Å²) in [5.41, 5.74) is 1.40. The number of rotatable bonds is 3. The van der Waals surface area contributed by atoms with E-state index >= 15 is 0 Å². The van der Waals surface area contributed by atoms with Crippen molar-refractivity contribution in [2.45, 2.75) is 37.8 Å². The van der Waals surface area contributed by atoms with Gasteiger partial charge >= 0.3 is 0 Å². The zero-order valence-electron chi connectivity index (χ0n) is 11.1. The second-order valence-corrected chi connectivity index (χ2v) is 6.82. The molecule has 1 aromatic heterocycles. The maximum absolute atomic E-state index is 3.79. The molecule has 2 aliphatic rings. The van der Waals surface area contributed by atoms with Crippen LogP contribution in [-0.4, -0.2) is 25.2 Å². The van der Waals surface area contributed by atoms with Crippen LogP contribution in [0.15, 0.2) is 29.6 Å². The number of piperidine rings is 1. The normalized spacial score (nSPS) is 24.0. The molecule has 1 atom stereocenters. The first-order valence-electron chi connectivity index (χ1n) is 7.37. The Balaban J connectivity index is 1.52. The summed E-state index contributed by atoms with van der Waals surface area (Å²) in [4.78, 5) is 2.56. The lowest BCUT2D eigenvalue weighted by atomic mass is 10.0. The molecular formula is C16H20N2S. The first-order chi connectivity index (χ1) is 9.38. The van der Waals surface area contributed by atoms with Gasteiger partial charge in [-0.1, -0.05) is 0 Å². The minimum Gasteiger partial charge on any atom is -0.370 e. The van der Waals surface area contributed by atoms with E-state index in [0.717, 1.165) is 6.04 Å². The van der Waals surface area contributed by atoms with E-state index in [1.807, 2.05) is 11.3 Å². The van der Waals surface area contributed by atoms with Crippen molar-refractivity contribution >= 4 is 27.1 Å². The predicted octanol–water partition coefficient (Wildman–Crippen LogP) is 3.62. The summed E-state index contributed by atoms with van der Waals surface area (Å²) in [6, 6.07) is 10.7. The molecule has 4 rings (SSSR count). The molecule has 100 valence electrons. The SMILES string of the molecule is c1cc2cc(N3CCCC(NC4CC4)C3)ccc2s1. The average Bonchev–Trinajstić information content (AvgIpc) is 3.13. The number of benzene rings is 1. The van der Waals surface area contributed by atoms with E-state index in [9.17, 15) is 0 Å². The monoisotopic (exact) mass is 272 g/mol. The van der Waals surface area contributed by atoms with Crippen molar-refractivity contribution in [1.29, 1.82) is 0 Å². The fourth-order valence-electron chi connectivity index (χ4n) is 3.08. The summed E-state index contributed by atoms with van der Waals surface area (Å²) in [6.07, 6.45) is 5.43.